The van der Waals surface area contributed by atoms with Crippen molar-refractivity contribution in [3.05, 3.63) is 0 Å². The normalized spacial score (nSPS) is 21.1. The van der Waals surface area contributed by atoms with E-state index in [0.29, 0.717) is 31.6 Å². The lowest BCUT2D eigenvalue weighted by Gasteiger charge is -2.37. The van der Waals surface area contributed by atoms with Gasteiger partial charge in [-0.15, -0.1) is 0 Å². The number of hydrogen-bond donors (Lipinski definition) is 1. The van der Waals surface area contributed by atoms with Gasteiger partial charge in [0.2, 0.25) is 5.91 Å². The van der Waals surface area contributed by atoms with Crippen molar-refractivity contribution in [3.63, 3.8) is 0 Å². The summed E-state index contributed by atoms with van der Waals surface area (Å²) in [6.45, 7) is 9.45. The van der Waals surface area contributed by atoms with E-state index >= 15 is 0 Å². The molecule has 0 aromatic rings. The first-order valence-electron chi connectivity index (χ1n) is 7.11. The molecule has 2 rings (SSSR count). The van der Waals surface area contributed by atoms with E-state index in [1.807, 2.05) is 4.90 Å². The molecule has 18 heavy (non-hydrogen) atoms. The van der Waals surface area contributed by atoms with E-state index in [1.165, 1.54) is 0 Å². The Morgan fingerprint density at radius 1 is 1.39 bits per heavy atom. The maximum Gasteiger partial charge on any atom is 0.222 e. The van der Waals surface area contributed by atoms with Gasteiger partial charge in [-0.25, -0.2) is 0 Å². The highest BCUT2D eigenvalue weighted by atomic mass is 16.5. The Kier molecular flexibility index (Phi) is 5.41. The summed E-state index contributed by atoms with van der Waals surface area (Å²) < 4.78 is 5.25. The predicted molar refractivity (Wildman–Crippen MR) is 70.5 cm³/mol. The van der Waals surface area contributed by atoms with Gasteiger partial charge in [-0.1, -0.05) is 6.92 Å². The minimum atomic E-state index is 0.293. The third-order valence-corrected chi connectivity index (χ3v) is 3.88. The third-order valence-electron chi connectivity index (χ3n) is 3.88. The second-order valence-corrected chi connectivity index (χ2v) is 5.04. The fourth-order valence-corrected chi connectivity index (χ4v) is 2.53. The Morgan fingerprint density at radius 2 is 2.11 bits per heavy atom. The van der Waals surface area contributed by atoms with Crippen molar-refractivity contribution in [2.45, 2.75) is 25.8 Å². The topological polar surface area (TPSA) is 44.8 Å². The van der Waals surface area contributed by atoms with Crippen molar-refractivity contribution in [2.75, 3.05) is 52.5 Å². The maximum absolute atomic E-state index is 12.0. The summed E-state index contributed by atoms with van der Waals surface area (Å²) in [6, 6.07) is 0.688. The summed E-state index contributed by atoms with van der Waals surface area (Å²) in [4.78, 5) is 16.4. The summed E-state index contributed by atoms with van der Waals surface area (Å²) >= 11 is 0. The van der Waals surface area contributed by atoms with Crippen molar-refractivity contribution in [2.24, 2.45) is 0 Å². The van der Waals surface area contributed by atoms with E-state index in [0.717, 1.165) is 45.7 Å². The standard InChI is InChI=1S/C13H25N3O2/c1-2-15(12-10-14-11-12)5-3-4-13(17)16-6-8-18-9-7-16/h12,14H,2-11H2,1H3. The zero-order valence-electron chi connectivity index (χ0n) is 11.4. The fourth-order valence-electron chi connectivity index (χ4n) is 2.53. The monoisotopic (exact) mass is 255 g/mol. The van der Waals surface area contributed by atoms with E-state index in [4.69, 9.17) is 4.74 Å². The van der Waals surface area contributed by atoms with Crippen LogP contribution < -0.4 is 5.32 Å². The Bertz CT molecular complexity index is 263. The molecule has 0 aromatic heterocycles. The van der Waals surface area contributed by atoms with E-state index in [2.05, 4.69) is 17.1 Å². The van der Waals surface area contributed by atoms with Crippen LogP contribution in [0.4, 0.5) is 0 Å². The van der Waals surface area contributed by atoms with Crippen LogP contribution in [0.2, 0.25) is 0 Å². The van der Waals surface area contributed by atoms with Crippen molar-refractivity contribution < 1.29 is 9.53 Å². The van der Waals surface area contributed by atoms with Gasteiger partial charge in [0.05, 0.1) is 13.2 Å². The van der Waals surface area contributed by atoms with Crippen LogP contribution in [0.5, 0.6) is 0 Å². The largest absolute Gasteiger partial charge is 0.378 e. The Balaban J connectivity index is 1.62. The zero-order valence-corrected chi connectivity index (χ0v) is 11.4. The van der Waals surface area contributed by atoms with Gasteiger partial charge in [0.15, 0.2) is 0 Å². The minimum Gasteiger partial charge on any atom is -0.378 e. The predicted octanol–water partition coefficient (Wildman–Crippen LogP) is -0.0809. The molecule has 0 bridgehead atoms. The van der Waals surface area contributed by atoms with Crippen LogP contribution >= 0.6 is 0 Å². The summed E-state index contributed by atoms with van der Waals surface area (Å²) in [5, 5.41) is 3.30. The first kappa shape index (κ1) is 13.8. The second-order valence-electron chi connectivity index (χ2n) is 5.04. The molecule has 2 fully saturated rings. The maximum atomic E-state index is 12.0. The Hall–Kier alpha value is -0.650. The summed E-state index contributed by atoms with van der Waals surface area (Å²) in [7, 11) is 0. The molecule has 1 N–H and O–H groups in total. The molecule has 5 nitrogen and oxygen atoms in total. The minimum absolute atomic E-state index is 0.293. The number of likely N-dealkylation sites (N-methyl/N-ethyl adjacent to an activating group) is 1. The van der Waals surface area contributed by atoms with Crippen LogP contribution in [0.3, 0.4) is 0 Å². The zero-order chi connectivity index (χ0) is 12.8. The number of carbonyl (C=O) groups is 1. The molecule has 0 aromatic carbocycles. The molecular weight excluding hydrogens is 230 g/mol. The van der Waals surface area contributed by atoms with Crippen molar-refractivity contribution in [1.82, 2.24) is 15.1 Å². The average molecular weight is 255 g/mol. The molecule has 0 unspecified atom stereocenters. The number of rotatable bonds is 6. The number of carbonyl (C=O) groups excluding carboxylic acids is 1. The molecule has 5 heteroatoms. The van der Waals surface area contributed by atoms with Crippen LogP contribution in [0.15, 0.2) is 0 Å². The number of nitrogens with one attached hydrogen (secondary N) is 1. The van der Waals surface area contributed by atoms with Crippen molar-refractivity contribution >= 4 is 5.91 Å². The van der Waals surface area contributed by atoms with Gasteiger partial charge in [0, 0.05) is 38.6 Å². The molecule has 0 atom stereocenters. The van der Waals surface area contributed by atoms with E-state index in [1.54, 1.807) is 0 Å². The number of ether oxygens (including phenoxy) is 1. The van der Waals surface area contributed by atoms with Crippen LogP contribution in [0, 0.1) is 0 Å². The highest BCUT2D eigenvalue weighted by Crippen LogP contribution is 2.08. The van der Waals surface area contributed by atoms with Gasteiger partial charge in [-0.05, 0) is 19.5 Å². The molecule has 2 saturated heterocycles. The highest BCUT2D eigenvalue weighted by Gasteiger charge is 2.23. The molecule has 0 aliphatic carbocycles. The molecule has 0 radical (unpaired) electrons. The first-order valence-corrected chi connectivity index (χ1v) is 7.11. The van der Waals surface area contributed by atoms with Gasteiger partial charge in [-0.2, -0.15) is 0 Å². The van der Waals surface area contributed by atoms with Crippen LogP contribution in [0.1, 0.15) is 19.8 Å². The van der Waals surface area contributed by atoms with E-state index < -0.39 is 0 Å². The number of nitrogens with zero attached hydrogens (tertiary/aromatic N) is 2. The Labute approximate surface area is 109 Å². The molecule has 1 amide bonds. The third kappa shape index (κ3) is 3.67. The number of amides is 1. The van der Waals surface area contributed by atoms with Crippen LogP contribution in [0.25, 0.3) is 0 Å². The van der Waals surface area contributed by atoms with E-state index in [9.17, 15) is 4.79 Å². The molecule has 2 aliphatic rings. The number of hydrogen-bond acceptors (Lipinski definition) is 4. The molecule has 0 saturated carbocycles. The quantitative estimate of drug-likeness (QED) is 0.721. The molecule has 0 spiro atoms. The van der Waals surface area contributed by atoms with Gasteiger partial charge in [0.1, 0.15) is 0 Å². The first-order chi connectivity index (χ1) is 8.81. The van der Waals surface area contributed by atoms with Gasteiger partial charge >= 0.3 is 0 Å². The smallest absolute Gasteiger partial charge is 0.222 e. The SMILES string of the molecule is CCN(CCCC(=O)N1CCOCC1)C1CNC1. The summed E-state index contributed by atoms with van der Waals surface area (Å²) in [6.07, 6.45) is 1.65. The van der Waals surface area contributed by atoms with Gasteiger partial charge in [-0.3, -0.25) is 9.69 Å². The van der Waals surface area contributed by atoms with Crippen molar-refractivity contribution in [3.8, 4) is 0 Å². The highest BCUT2D eigenvalue weighted by molar-refractivity contribution is 5.76. The second kappa shape index (κ2) is 7.07. The summed E-state index contributed by atoms with van der Waals surface area (Å²) in [5.41, 5.74) is 0. The molecule has 2 aliphatic heterocycles. The fraction of sp³-hybridized carbons (Fsp3) is 0.923. The van der Waals surface area contributed by atoms with Gasteiger partial charge < -0.3 is 15.0 Å². The van der Waals surface area contributed by atoms with Crippen LogP contribution in [-0.2, 0) is 9.53 Å². The lowest BCUT2D eigenvalue weighted by atomic mass is 10.1. The summed E-state index contributed by atoms with van der Waals surface area (Å²) in [5.74, 6) is 0.293. The van der Waals surface area contributed by atoms with E-state index in [-0.39, 0.29) is 0 Å². The lowest BCUT2D eigenvalue weighted by Crippen LogP contribution is -2.57. The van der Waals surface area contributed by atoms with Crippen LogP contribution in [-0.4, -0.2) is 74.2 Å². The Morgan fingerprint density at radius 3 is 2.67 bits per heavy atom. The number of morpholine rings is 1. The molecule has 2 heterocycles. The molecule has 104 valence electrons. The van der Waals surface area contributed by atoms with Crippen molar-refractivity contribution in [1.29, 1.82) is 0 Å². The molecular formula is C13H25N3O2. The van der Waals surface area contributed by atoms with Gasteiger partial charge in [0.25, 0.3) is 0 Å². The average Bonchev–Trinajstić information content (AvgIpc) is 2.36. The lowest BCUT2D eigenvalue weighted by molar-refractivity contribution is -0.135.